The van der Waals surface area contributed by atoms with E-state index in [9.17, 15) is 0 Å². The molecule has 17 heavy (non-hydrogen) atoms. The van der Waals surface area contributed by atoms with Gasteiger partial charge in [0.15, 0.2) is 6.23 Å². The third kappa shape index (κ3) is 2.38. The Morgan fingerprint density at radius 2 is 1.82 bits per heavy atom. The molecule has 0 N–H and O–H groups in total. The van der Waals surface area contributed by atoms with Crippen LogP contribution in [0.1, 0.15) is 50.8 Å². The highest BCUT2D eigenvalue weighted by atomic mass is 16.8. The highest BCUT2D eigenvalue weighted by molar-refractivity contribution is 5.19. The Labute approximate surface area is 104 Å². The molecule has 0 spiro atoms. The van der Waals surface area contributed by atoms with E-state index in [2.05, 4.69) is 42.3 Å². The number of hydrogen-bond donors (Lipinski definition) is 0. The molecule has 1 unspecified atom stereocenters. The summed E-state index contributed by atoms with van der Waals surface area (Å²) in [6, 6.07) is 11.1. The van der Waals surface area contributed by atoms with Crippen LogP contribution in [-0.2, 0) is 4.84 Å². The second kappa shape index (κ2) is 4.79. The zero-order chi connectivity index (χ0) is 11.7. The van der Waals surface area contributed by atoms with Gasteiger partial charge in [0.25, 0.3) is 0 Å². The maximum atomic E-state index is 5.75. The molecular weight excluding hydrogens is 210 g/mol. The smallest absolute Gasteiger partial charge is 0.180 e. The van der Waals surface area contributed by atoms with Crippen molar-refractivity contribution in [3.05, 3.63) is 35.9 Å². The van der Waals surface area contributed by atoms with E-state index in [0.29, 0.717) is 6.04 Å². The Hall–Kier alpha value is -0.860. The van der Waals surface area contributed by atoms with Gasteiger partial charge in [0.1, 0.15) is 0 Å². The molecule has 3 atom stereocenters. The van der Waals surface area contributed by atoms with Gasteiger partial charge in [-0.05, 0) is 31.2 Å². The molecule has 2 heteroatoms. The molecule has 0 aromatic heterocycles. The minimum Gasteiger partial charge on any atom is -0.270 e. The van der Waals surface area contributed by atoms with Crippen LogP contribution in [-0.4, -0.2) is 11.1 Å². The average molecular weight is 231 g/mol. The van der Waals surface area contributed by atoms with Gasteiger partial charge in [-0.3, -0.25) is 4.84 Å². The minimum atomic E-state index is 0.216. The van der Waals surface area contributed by atoms with E-state index in [4.69, 9.17) is 4.84 Å². The van der Waals surface area contributed by atoms with Crippen LogP contribution < -0.4 is 0 Å². The highest BCUT2D eigenvalue weighted by Gasteiger charge is 2.44. The van der Waals surface area contributed by atoms with Crippen LogP contribution in [0.3, 0.4) is 0 Å². The summed E-state index contributed by atoms with van der Waals surface area (Å²) < 4.78 is 0. The summed E-state index contributed by atoms with van der Waals surface area (Å²) in [6.45, 7) is 2.32. The van der Waals surface area contributed by atoms with E-state index in [1.807, 2.05) is 0 Å². The van der Waals surface area contributed by atoms with E-state index in [1.54, 1.807) is 0 Å². The molecular formula is C15H21NO. The summed E-state index contributed by atoms with van der Waals surface area (Å²) in [7, 11) is 0. The van der Waals surface area contributed by atoms with Crippen molar-refractivity contribution in [2.75, 3.05) is 0 Å². The van der Waals surface area contributed by atoms with Gasteiger partial charge in [-0.2, -0.15) is 0 Å². The minimum absolute atomic E-state index is 0.216. The molecule has 1 saturated carbocycles. The van der Waals surface area contributed by atoms with Gasteiger partial charge >= 0.3 is 0 Å². The van der Waals surface area contributed by atoms with Crippen LogP contribution in [0.15, 0.2) is 30.3 Å². The fourth-order valence-corrected chi connectivity index (χ4v) is 3.05. The summed E-state index contributed by atoms with van der Waals surface area (Å²) in [4.78, 5) is 5.75. The standard InChI is InChI=1S/C15H21NO/c1-12(13-8-4-2-5-9-13)16-15(17-16)14-10-6-3-7-11-14/h3,6-7,10-13,15H,2,4-5,8-9H2,1H3/t12-,15+,16?/m0/s1. The van der Waals surface area contributed by atoms with Gasteiger partial charge < -0.3 is 0 Å². The van der Waals surface area contributed by atoms with Crippen LogP contribution in [0.5, 0.6) is 0 Å². The van der Waals surface area contributed by atoms with Gasteiger partial charge in [-0.1, -0.05) is 49.6 Å². The Bertz CT molecular complexity index is 358. The number of nitrogens with zero attached hydrogens (tertiary/aromatic N) is 1. The molecule has 92 valence electrons. The normalized spacial score (nSPS) is 31.1. The number of hydroxylamine groups is 2. The third-order valence-electron chi connectivity index (χ3n) is 4.23. The van der Waals surface area contributed by atoms with Crippen LogP contribution in [0, 0.1) is 5.92 Å². The predicted molar refractivity (Wildman–Crippen MR) is 68.1 cm³/mol. The van der Waals surface area contributed by atoms with Gasteiger partial charge in [-0.25, -0.2) is 0 Å². The molecule has 2 aliphatic rings. The average Bonchev–Trinajstić information content (AvgIpc) is 3.20. The topological polar surface area (TPSA) is 15.5 Å². The van der Waals surface area contributed by atoms with E-state index < -0.39 is 0 Å². The van der Waals surface area contributed by atoms with Gasteiger partial charge in [-0.15, -0.1) is 5.06 Å². The van der Waals surface area contributed by atoms with Crippen molar-refractivity contribution in [1.82, 2.24) is 5.06 Å². The predicted octanol–water partition coefficient (Wildman–Crippen LogP) is 3.90. The van der Waals surface area contributed by atoms with Crippen molar-refractivity contribution in [3.63, 3.8) is 0 Å². The molecule has 1 aromatic carbocycles. The lowest BCUT2D eigenvalue weighted by molar-refractivity contribution is 0.101. The molecule has 1 heterocycles. The Morgan fingerprint density at radius 3 is 2.53 bits per heavy atom. The summed E-state index contributed by atoms with van der Waals surface area (Å²) in [5.74, 6) is 0.831. The first-order chi connectivity index (χ1) is 8.36. The van der Waals surface area contributed by atoms with Crippen molar-refractivity contribution >= 4 is 0 Å². The van der Waals surface area contributed by atoms with E-state index >= 15 is 0 Å². The summed E-state index contributed by atoms with van der Waals surface area (Å²) in [5.41, 5.74) is 1.29. The fraction of sp³-hybridized carbons (Fsp3) is 0.600. The first kappa shape index (κ1) is 11.2. The van der Waals surface area contributed by atoms with Crippen LogP contribution >= 0.6 is 0 Å². The molecule has 1 aromatic rings. The molecule has 0 bridgehead atoms. The first-order valence-electron chi connectivity index (χ1n) is 6.86. The molecule has 2 nitrogen and oxygen atoms in total. The van der Waals surface area contributed by atoms with Gasteiger partial charge in [0.2, 0.25) is 0 Å². The quantitative estimate of drug-likeness (QED) is 0.733. The zero-order valence-electron chi connectivity index (χ0n) is 10.5. The lowest BCUT2D eigenvalue weighted by Gasteiger charge is -2.27. The summed E-state index contributed by atoms with van der Waals surface area (Å²) in [6.07, 6.45) is 7.20. The van der Waals surface area contributed by atoms with Crippen molar-refractivity contribution < 1.29 is 4.84 Å². The molecule has 3 rings (SSSR count). The Balaban J connectivity index is 1.60. The van der Waals surface area contributed by atoms with E-state index in [0.717, 1.165) is 5.92 Å². The first-order valence-corrected chi connectivity index (χ1v) is 6.86. The molecule has 1 aliphatic carbocycles. The third-order valence-corrected chi connectivity index (χ3v) is 4.23. The van der Waals surface area contributed by atoms with Crippen molar-refractivity contribution in [3.8, 4) is 0 Å². The molecule has 1 aliphatic heterocycles. The van der Waals surface area contributed by atoms with Gasteiger partial charge in [0, 0.05) is 6.04 Å². The van der Waals surface area contributed by atoms with Crippen molar-refractivity contribution in [2.24, 2.45) is 5.92 Å². The van der Waals surface area contributed by atoms with Crippen molar-refractivity contribution in [1.29, 1.82) is 0 Å². The highest BCUT2D eigenvalue weighted by Crippen LogP contribution is 2.43. The monoisotopic (exact) mass is 231 g/mol. The van der Waals surface area contributed by atoms with Crippen LogP contribution in [0.25, 0.3) is 0 Å². The lowest BCUT2D eigenvalue weighted by atomic mass is 9.84. The Kier molecular flexibility index (Phi) is 3.17. The maximum Gasteiger partial charge on any atom is 0.180 e. The van der Waals surface area contributed by atoms with Crippen LogP contribution in [0.2, 0.25) is 0 Å². The number of benzene rings is 1. The second-order valence-corrected chi connectivity index (χ2v) is 5.37. The molecule has 1 saturated heterocycles. The van der Waals surface area contributed by atoms with Crippen LogP contribution in [0.4, 0.5) is 0 Å². The largest absolute Gasteiger partial charge is 0.270 e. The Morgan fingerprint density at radius 1 is 1.12 bits per heavy atom. The fourth-order valence-electron chi connectivity index (χ4n) is 3.05. The molecule has 0 amide bonds. The summed E-state index contributed by atoms with van der Waals surface area (Å²) >= 11 is 0. The molecule has 0 radical (unpaired) electrons. The lowest BCUT2D eigenvalue weighted by Crippen LogP contribution is -2.27. The van der Waals surface area contributed by atoms with E-state index in [1.165, 1.54) is 37.7 Å². The van der Waals surface area contributed by atoms with Crippen molar-refractivity contribution in [2.45, 2.75) is 51.3 Å². The maximum absolute atomic E-state index is 5.75. The second-order valence-electron chi connectivity index (χ2n) is 5.37. The zero-order valence-corrected chi connectivity index (χ0v) is 10.5. The number of hydrogen-bond acceptors (Lipinski definition) is 2. The SMILES string of the molecule is C[C@@H](C1CCCCC1)N1O[C@@H]1c1ccccc1. The van der Waals surface area contributed by atoms with Gasteiger partial charge in [0.05, 0.1) is 0 Å². The summed E-state index contributed by atoms with van der Waals surface area (Å²) in [5, 5.41) is 2.19. The van der Waals surface area contributed by atoms with E-state index in [-0.39, 0.29) is 6.23 Å². The molecule has 2 fully saturated rings. The number of rotatable bonds is 3.